The molecular weight excluding hydrogens is 230 g/mol. The van der Waals surface area contributed by atoms with Crippen LogP contribution >= 0.6 is 0 Å². The molecule has 0 heterocycles. The van der Waals surface area contributed by atoms with Gasteiger partial charge in [-0.15, -0.1) is 0 Å². The van der Waals surface area contributed by atoms with Crippen LogP contribution < -0.4 is 5.73 Å². The Hall–Kier alpha value is -0.610. The Morgan fingerprint density at radius 1 is 1.44 bits per heavy atom. The van der Waals surface area contributed by atoms with Crippen molar-refractivity contribution in [3.63, 3.8) is 0 Å². The maximum atomic E-state index is 11.8. The summed E-state index contributed by atoms with van der Waals surface area (Å²) in [6.45, 7) is 7.04. The van der Waals surface area contributed by atoms with Gasteiger partial charge in [-0.2, -0.15) is 0 Å². The lowest BCUT2D eigenvalue weighted by atomic mass is 9.71. The lowest BCUT2D eigenvalue weighted by Gasteiger charge is -2.38. The predicted molar refractivity (Wildman–Crippen MR) is 71.1 cm³/mol. The molecule has 18 heavy (non-hydrogen) atoms. The van der Waals surface area contributed by atoms with Crippen LogP contribution in [0, 0.1) is 11.3 Å². The smallest absolute Gasteiger partial charge is 0.308 e. The fourth-order valence-electron chi connectivity index (χ4n) is 3.03. The van der Waals surface area contributed by atoms with Crippen LogP contribution in [0.3, 0.4) is 0 Å². The predicted octanol–water partition coefficient (Wildman–Crippen LogP) is 2.11. The van der Waals surface area contributed by atoms with Gasteiger partial charge < -0.3 is 15.2 Å². The van der Waals surface area contributed by atoms with Gasteiger partial charge in [0.05, 0.1) is 12.5 Å². The summed E-state index contributed by atoms with van der Waals surface area (Å²) >= 11 is 0. The second kappa shape index (κ2) is 6.53. The number of rotatable bonds is 5. The van der Waals surface area contributed by atoms with E-state index >= 15 is 0 Å². The highest BCUT2D eigenvalue weighted by molar-refractivity contribution is 5.70. The first-order valence-corrected chi connectivity index (χ1v) is 6.78. The van der Waals surface area contributed by atoms with Crippen molar-refractivity contribution in [2.45, 2.75) is 58.7 Å². The molecule has 0 radical (unpaired) electrons. The van der Waals surface area contributed by atoms with Crippen LogP contribution in [0.2, 0.25) is 0 Å². The lowest BCUT2D eigenvalue weighted by Crippen LogP contribution is -2.35. The van der Waals surface area contributed by atoms with Gasteiger partial charge in [-0.1, -0.05) is 20.8 Å². The van der Waals surface area contributed by atoms with E-state index in [2.05, 4.69) is 20.8 Å². The summed E-state index contributed by atoms with van der Waals surface area (Å²) < 4.78 is 10.7. The molecule has 4 heteroatoms. The van der Waals surface area contributed by atoms with E-state index in [4.69, 9.17) is 15.2 Å². The van der Waals surface area contributed by atoms with Crippen molar-refractivity contribution in [3.05, 3.63) is 0 Å². The number of hydrogen-bond acceptors (Lipinski definition) is 4. The van der Waals surface area contributed by atoms with E-state index in [-0.39, 0.29) is 30.0 Å². The van der Waals surface area contributed by atoms with E-state index in [0.717, 1.165) is 12.8 Å². The molecule has 1 fully saturated rings. The maximum absolute atomic E-state index is 11.8. The van der Waals surface area contributed by atoms with Gasteiger partial charge in [0, 0.05) is 13.7 Å². The van der Waals surface area contributed by atoms with E-state index in [9.17, 15) is 4.79 Å². The normalized spacial score (nSPS) is 28.7. The zero-order valence-corrected chi connectivity index (χ0v) is 12.1. The van der Waals surface area contributed by atoms with E-state index in [1.165, 1.54) is 6.42 Å². The van der Waals surface area contributed by atoms with Crippen LogP contribution in [0.4, 0.5) is 0 Å². The Bertz CT molecular complexity index is 274. The molecule has 0 aliphatic heterocycles. The van der Waals surface area contributed by atoms with Crippen LogP contribution in [0.25, 0.3) is 0 Å². The van der Waals surface area contributed by atoms with Crippen LogP contribution in [0.1, 0.15) is 46.5 Å². The van der Waals surface area contributed by atoms with Gasteiger partial charge in [-0.05, 0) is 30.6 Å². The van der Waals surface area contributed by atoms with Crippen LogP contribution in [-0.4, -0.2) is 31.8 Å². The molecule has 106 valence electrons. The topological polar surface area (TPSA) is 61.5 Å². The molecule has 0 aromatic heterocycles. The van der Waals surface area contributed by atoms with Gasteiger partial charge in [0.2, 0.25) is 0 Å². The highest BCUT2D eigenvalue weighted by Crippen LogP contribution is 2.39. The number of carbonyl (C=O) groups excluding carboxylic acids is 1. The molecule has 0 aromatic rings. The molecule has 0 bridgehead atoms. The first kappa shape index (κ1) is 15.4. The molecule has 3 unspecified atom stereocenters. The summed E-state index contributed by atoms with van der Waals surface area (Å²) in [4.78, 5) is 11.8. The summed E-state index contributed by atoms with van der Waals surface area (Å²) in [6, 6.07) is 0. The van der Waals surface area contributed by atoms with Gasteiger partial charge in [0.25, 0.3) is 0 Å². The fourth-order valence-corrected chi connectivity index (χ4v) is 3.03. The van der Waals surface area contributed by atoms with Crippen molar-refractivity contribution in [2.75, 3.05) is 13.7 Å². The van der Waals surface area contributed by atoms with Crippen LogP contribution in [0.5, 0.6) is 0 Å². The first-order chi connectivity index (χ1) is 8.36. The standard InChI is InChI=1S/C14H27NO3/c1-10-5-11(8-14(2,3)7-10)18-13(16)6-12(9-15)17-4/h10-12H,5-9,15H2,1-4H3. The van der Waals surface area contributed by atoms with Crippen molar-refractivity contribution >= 4 is 5.97 Å². The largest absolute Gasteiger partial charge is 0.462 e. The van der Waals surface area contributed by atoms with Gasteiger partial charge >= 0.3 is 5.97 Å². The minimum Gasteiger partial charge on any atom is -0.462 e. The molecule has 0 spiro atoms. The van der Waals surface area contributed by atoms with E-state index in [1.807, 2.05) is 0 Å². The molecule has 1 rings (SSSR count). The SMILES string of the molecule is COC(CN)CC(=O)OC1CC(C)CC(C)(C)C1. The average Bonchev–Trinajstić information content (AvgIpc) is 2.22. The number of esters is 1. The highest BCUT2D eigenvalue weighted by atomic mass is 16.5. The number of carbonyl (C=O) groups is 1. The Kier molecular flexibility index (Phi) is 5.60. The Labute approximate surface area is 110 Å². The number of ether oxygens (including phenoxy) is 2. The van der Waals surface area contributed by atoms with Crippen molar-refractivity contribution in [3.8, 4) is 0 Å². The van der Waals surface area contributed by atoms with E-state index < -0.39 is 0 Å². The number of hydrogen-bond donors (Lipinski definition) is 1. The van der Waals surface area contributed by atoms with Crippen molar-refractivity contribution in [1.29, 1.82) is 0 Å². The molecule has 0 saturated heterocycles. The molecule has 0 aromatic carbocycles. The quantitative estimate of drug-likeness (QED) is 0.766. The van der Waals surface area contributed by atoms with Crippen LogP contribution in [-0.2, 0) is 14.3 Å². The third-order valence-electron chi connectivity index (χ3n) is 3.64. The molecule has 1 aliphatic rings. The van der Waals surface area contributed by atoms with Crippen molar-refractivity contribution < 1.29 is 14.3 Å². The van der Waals surface area contributed by atoms with Gasteiger partial charge in [0.15, 0.2) is 0 Å². The van der Waals surface area contributed by atoms with E-state index in [0.29, 0.717) is 12.5 Å². The molecule has 0 amide bonds. The molecule has 3 atom stereocenters. The van der Waals surface area contributed by atoms with Crippen molar-refractivity contribution in [1.82, 2.24) is 0 Å². The third-order valence-corrected chi connectivity index (χ3v) is 3.64. The molecule has 2 N–H and O–H groups in total. The third kappa shape index (κ3) is 4.94. The highest BCUT2D eigenvalue weighted by Gasteiger charge is 2.34. The minimum absolute atomic E-state index is 0.0477. The van der Waals surface area contributed by atoms with Gasteiger partial charge in [-0.3, -0.25) is 4.79 Å². The summed E-state index contributed by atoms with van der Waals surface area (Å²) in [7, 11) is 1.57. The summed E-state index contributed by atoms with van der Waals surface area (Å²) in [5, 5.41) is 0. The van der Waals surface area contributed by atoms with Gasteiger partial charge in [-0.25, -0.2) is 0 Å². The van der Waals surface area contributed by atoms with Crippen molar-refractivity contribution in [2.24, 2.45) is 17.1 Å². The Morgan fingerprint density at radius 2 is 2.11 bits per heavy atom. The lowest BCUT2D eigenvalue weighted by molar-refractivity contribution is -0.156. The molecular formula is C14H27NO3. The number of methoxy groups -OCH3 is 1. The minimum atomic E-state index is -0.230. The summed E-state index contributed by atoms with van der Waals surface area (Å²) in [5.41, 5.74) is 5.76. The van der Waals surface area contributed by atoms with Gasteiger partial charge in [0.1, 0.15) is 6.10 Å². The van der Waals surface area contributed by atoms with E-state index in [1.54, 1.807) is 7.11 Å². The summed E-state index contributed by atoms with van der Waals surface area (Å²) in [6.07, 6.45) is 3.18. The Balaban J connectivity index is 2.44. The second-order valence-electron chi connectivity index (χ2n) is 6.32. The fraction of sp³-hybridized carbons (Fsp3) is 0.929. The second-order valence-corrected chi connectivity index (χ2v) is 6.32. The maximum Gasteiger partial charge on any atom is 0.308 e. The monoisotopic (exact) mass is 257 g/mol. The average molecular weight is 257 g/mol. The molecule has 1 aliphatic carbocycles. The zero-order valence-electron chi connectivity index (χ0n) is 12.1. The number of nitrogens with two attached hydrogens (primary N) is 1. The molecule has 1 saturated carbocycles. The first-order valence-electron chi connectivity index (χ1n) is 6.78. The molecule has 4 nitrogen and oxygen atoms in total. The Morgan fingerprint density at radius 3 is 2.61 bits per heavy atom. The zero-order chi connectivity index (χ0) is 13.8. The summed E-state index contributed by atoms with van der Waals surface area (Å²) in [5.74, 6) is 0.418. The van der Waals surface area contributed by atoms with Crippen LogP contribution in [0.15, 0.2) is 0 Å².